The van der Waals surface area contributed by atoms with Gasteiger partial charge in [0.15, 0.2) is 0 Å². The predicted octanol–water partition coefficient (Wildman–Crippen LogP) is 3.68. The Hall–Kier alpha value is -3.23. The molecule has 0 aliphatic heterocycles. The first kappa shape index (κ1) is 18.6. The minimum absolute atomic E-state index is 0.0854. The third kappa shape index (κ3) is 4.69. The van der Waals surface area contributed by atoms with E-state index in [9.17, 15) is 18.5 Å². The maximum atomic E-state index is 12.7. The van der Waals surface area contributed by atoms with Gasteiger partial charge in [0, 0.05) is 17.8 Å². The predicted molar refractivity (Wildman–Crippen MR) is 103 cm³/mol. The number of benzene rings is 3. The van der Waals surface area contributed by atoms with Gasteiger partial charge in [0.2, 0.25) is 10.0 Å². The fraction of sp³-hybridized carbons (Fsp3) is 0.0526. The van der Waals surface area contributed by atoms with Crippen LogP contribution in [0.25, 0.3) is 0 Å². The fourth-order valence-corrected chi connectivity index (χ4v) is 3.68. The van der Waals surface area contributed by atoms with Gasteiger partial charge in [0.05, 0.1) is 9.82 Å². The van der Waals surface area contributed by atoms with E-state index in [1.165, 1.54) is 30.3 Å². The number of rotatable bonds is 7. The Morgan fingerprint density at radius 3 is 2.11 bits per heavy atom. The molecule has 0 aromatic heterocycles. The molecule has 3 aromatic rings. The van der Waals surface area contributed by atoms with Gasteiger partial charge >= 0.3 is 0 Å². The van der Waals surface area contributed by atoms with Crippen LogP contribution < -0.4 is 10.0 Å². The third-order valence-electron chi connectivity index (χ3n) is 3.83. The van der Waals surface area contributed by atoms with Crippen molar-refractivity contribution in [1.29, 1.82) is 0 Å². The van der Waals surface area contributed by atoms with E-state index in [0.29, 0.717) is 11.3 Å². The van der Waals surface area contributed by atoms with Gasteiger partial charge in [-0.25, -0.2) is 8.42 Å². The van der Waals surface area contributed by atoms with Crippen LogP contribution in [0.4, 0.5) is 11.4 Å². The Morgan fingerprint density at radius 1 is 0.852 bits per heavy atom. The van der Waals surface area contributed by atoms with Crippen molar-refractivity contribution in [2.24, 2.45) is 0 Å². The van der Waals surface area contributed by atoms with Crippen molar-refractivity contribution in [3.05, 3.63) is 101 Å². The lowest BCUT2D eigenvalue weighted by Crippen LogP contribution is -2.33. The molecule has 3 aromatic carbocycles. The van der Waals surface area contributed by atoms with Crippen LogP contribution in [-0.4, -0.2) is 13.3 Å². The summed E-state index contributed by atoms with van der Waals surface area (Å²) in [5.74, 6) is 0. The van der Waals surface area contributed by atoms with Gasteiger partial charge < -0.3 is 5.32 Å². The molecule has 0 aliphatic carbocycles. The lowest BCUT2D eigenvalue weighted by atomic mass is 10.1. The van der Waals surface area contributed by atoms with Crippen LogP contribution in [0.15, 0.2) is 89.8 Å². The normalized spacial score (nSPS) is 12.3. The molecule has 0 aliphatic rings. The summed E-state index contributed by atoms with van der Waals surface area (Å²) in [4.78, 5) is 10.6. The molecule has 0 saturated carbocycles. The van der Waals surface area contributed by atoms with Gasteiger partial charge in [-0.1, -0.05) is 54.6 Å². The third-order valence-corrected chi connectivity index (χ3v) is 5.27. The number of hydrogen-bond donors (Lipinski definition) is 2. The number of nitro benzene ring substituents is 1. The maximum Gasteiger partial charge on any atom is 0.271 e. The summed E-state index contributed by atoms with van der Waals surface area (Å²) in [6.07, 6.45) is -0.807. The highest BCUT2D eigenvalue weighted by Gasteiger charge is 2.21. The van der Waals surface area contributed by atoms with Gasteiger partial charge in [-0.3, -0.25) is 10.1 Å². The van der Waals surface area contributed by atoms with Gasteiger partial charge in [-0.15, -0.1) is 0 Å². The standard InChI is InChI=1S/C19H17N3O4S/c23-22(24)17-11-7-10-16(14-17)20-19(15-8-3-1-4-9-15)21-27(25,26)18-12-5-2-6-13-18/h1-14,19-21H. The highest BCUT2D eigenvalue weighted by Crippen LogP contribution is 2.23. The summed E-state index contributed by atoms with van der Waals surface area (Å²) in [5.41, 5.74) is 1.01. The molecule has 1 unspecified atom stereocenters. The molecule has 0 bridgehead atoms. The van der Waals surface area contributed by atoms with Gasteiger partial charge in [-0.2, -0.15) is 4.72 Å². The number of anilines is 1. The molecule has 0 fully saturated rings. The van der Waals surface area contributed by atoms with Crippen LogP contribution in [0.3, 0.4) is 0 Å². The van der Waals surface area contributed by atoms with E-state index >= 15 is 0 Å². The van der Waals surface area contributed by atoms with Gasteiger partial charge in [-0.05, 0) is 23.8 Å². The van der Waals surface area contributed by atoms with Crippen LogP contribution in [0.5, 0.6) is 0 Å². The summed E-state index contributed by atoms with van der Waals surface area (Å²) in [6.45, 7) is 0. The first-order valence-corrected chi connectivity index (χ1v) is 9.57. The Kier molecular flexibility index (Phi) is 5.49. The van der Waals surface area contributed by atoms with Crippen LogP contribution in [0.1, 0.15) is 11.7 Å². The monoisotopic (exact) mass is 383 g/mol. The van der Waals surface area contributed by atoms with Crippen molar-refractivity contribution in [2.45, 2.75) is 11.1 Å². The summed E-state index contributed by atoms with van der Waals surface area (Å²) >= 11 is 0. The Labute approximate surface area is 156 Å². The molecule has 0 saturated heterocycles. The molecule has 0 spiro atoms. The van der Waals surface area contributed by atoms with Crippen molar-refractivity contribution in [2.75, 3.05) is 5.32 Å². The second-order valence-corrected chi connectivity index (χ2v) is 7.44. The average molecular weight is 383 g/mol. The topological polar surface area (TPSA) is 101 Å². The number of hydrogen-bond acceptors (Lipinski definition) is 5. The Morgan fingerprint density at radius 2 is 1.48 bits per heavy atom. The molecule has 138 valence electrons. The number of nitrogens with zero attached hydrogens (tertiary/aromatic N) is 1. The van der Waals surface area contributed by atoms with Crippen LogP contribution in [-0.2, 0) is 10.0 Å². The van der Waals surface area contributed by atoms with E-state index in [1.54, 1.807) is 48.5 Å². The number of nitro groups is 1. The molecule has 2 N–H and O–H groups in total. The lowest BCUT2D eigenvalue weighted by molar-refractivity contribution is -0.384. The van der Waals surface area contributed by atoms with Gasteiger partial charge in [0.1, 0.15) is 6.17 Å². The van der Waals surface area contributed by atoms with Crippen LogP contribution in [0, 0.1) is 10.1 Å². The van der Waals surface area contributed by atoms with Gasteiger partial charge in [0.25, 0.3) is 5.69 Å². The van der Waals surface area contributed by atoms with Crippen LogP contribution in [0.2, 0.25) is 0 Å². The van der Waals surface area contributed by atoms with Crippen molar-refractivity contribution in [1.82, 2.24) is 4.72 Å². The molecule has 3 rings (SSSR count). The van der Waals surface area contributed by atoms with Crippen molar-refractivity contribution in [3.63, 3.8) is 0 Å². The zero-order chi connectivity index (χ0) is 19.3. The fourth-order valence-electron chi connectivity index (χ4n) is 2.53. The number of sulfonamides is 1. The molecule has 27 heavy (non-hydrogen) atoms. The molecule has 0 radical (unpaired) electrons. The van der Waals surface area contributed by atoms with Crippen molar-refractivity contribution < 1.29 is 13.3 Å². The highest BCUT2D eigenvalue weighted by molar-refractivity contribution is 7.89. The zero-order valence-corrected chi connectivity index (χ0v) is 15.0. The van der Waals surface area contributed by atoms with Crippen LogP contribution >= 0.6 is 0 Å². The van der Waals surface area contributed by atoms with E-state index in [0.717, 1.165) is 0 Å². The average Bonchev–Trinajstić information content (AvgIpc) is 2.69. The van der Waals surface area contributed by atoms with E-state index < -0.39 is 21.1 Å². The molecule has 0 heterocycles. The summed E-state index contributed by atoms with van der Waals surface area (Å²) in [5, 5.41) is 14.0. The van der Waals surface area contributed by atoms with E-state index in [4.69, 9.17) is 0 Å². The molecular formula is C19H17N3O4S. The maximum absolute atomic E-state index is 12.7. The smallest absolute Gasteiger partial charge is 0.271 e. The SMILES string of the molecule is O=[N+]([O-])c1cccc(NC(NS(=O)(=O)c2ccccc2)c2ccccc2)c1. The second-order valence-electron chi connectivity index (χ2n) is 5.73. The quantitative estimate of drug-likeness (QED) is 0.368. The minimum atomic E-state index is -3.80. The Balaban J connectivity index is 1.93. The summed E-state index contributed by atoms with van der Waals surface area (Å²) in [6, 6.07) is 22.8. The first-order chi connectivity index (χ1) is 13.0. The molecule has 0 amide bonds. The second kappa shape index (κ2) is 7.98. The Bertz CT molecular complexity index is 1030. The van der Waals surface area contributed by atoms with E-state index in [1.807, 2.05) is 6.07 Å². The molecule has 7 nitrogen and oxygen atoms in total. The molecule has 1 atom stereocenters. The minimum Gasteiger partial charge on any atom is -0.365 e. The largest absolute Gasteiger partial charge is 0.365 e. The van der Waals surface area contributed by atoms with Crippen molar-refractivity contribution >= 4 is 21.4 Å². The summed E-state index contributed by atoms with van der Waals surface area (Å²) in [7, 11) is -3.80. The van der Waals surface area contributed by atoms with E-state index in [2.05, 4.69) is 10.0 Å². The zero-order valence-electron chi connectivity index (χ0n) is 14.1. The van der Waals surface area contributed by atoms with E-state index in [-0.39, 0.29) is 10.6 Å². The van der Waals surface area contributed by atoms with Crippen molar-refractivity contribution in [3.8, 4) is 0 Å². The highest BCUT2D eigenvalue weighted by atomic mass is 32.2. The lowest BCUT2D eigenvalue weighted by Gasteiger charge is -2.22. The number of non-ortho nitro benzene ring substituents is 1. The molecule has 8 heteroatoms. The first-order valence-electron chi connectivity index (χ1n) is 8.09. The number of nitrogens with one attached hydrogen (secondary N) is 2. The summed E-state index contributed by atoms with van der Waals surface area (Å²) < 4.78 is 28.1. The molecular weight excluding hydrogens is 366 g/mol.